The Bertz CT molecular complexity index is 761. The van der Waals surface area contributed by atoms with E-state index >= 15 is 0 Å². The van der Waals surface area contributed by atoms with Crippen molar-refractivity contribution in [1.82, 2.24) is 0 Å². The third-order valence-electron chi connectivity index (χ3n) is 5.15. The molecular weight excluding hydrogens is 332 g/mol. The maximum atomic E-state index is 6.72. The molecule has 1 atom stereocenters. The lowest BCUT2D eigenvalue weighted by Crippen LogP contribution is -2.40. The number of hydrogen-bond donors (Lipinski definition) is 0. The molecule has 0 heterocycles. The zero-order chi connectivity index (χ0) is 19.2. The van der Waals surface area contributed by atoms with E-state index < -0.39 is 8.32 Å². The van der Waals surface area contributed by atoms with Crippen LogP contribution in [-0.2, 0) is 4.43 Å². The molecule has 0 saturated carbocycles. The van der Waals surface area contributed by atoms with Gasteiger partial charge in [0.05, 0.1) is 0 Å². The van der Waals surface area contributed by atoms with Crippen LogP contribution in [-0.4, -0.2) is 8.32 Å². The summed E-state index contributed by atoms with van der Waals surface area (Å²) in [5.41, 5.74) is 2.33. The molecule has 0 amide bonds. The fourth-order valence-electron chi connectivity index (χ4n) is 2.50. The van der Waals surface area contributed by atoms with Crippen molar-refractivity contribution in [2.75, 3.05) is 0 Å². The van der Waals surface area contributed by atoms with Gasteiger partial charge in [-0.25, -0.2) is 0 Å². The fraction of sp³-hybridized carbons (Fsp3) is 0.333. The van der Waals surface area contributed by atoms with E-state index in [0.717, 1.165) is 11.3 Å². The van der Waals surface area contributed by atoms with Crippen LogP contribution in [0.3, 0.4) is 0 Å². The minimum atomic E-state index is -1.96. The highest BCUT2D eigenvalue weighted by Gasteiger charge is 2.39. The van der Waals surface area contributed by atoms with Crippen LogP contribution in [0.15, 0.2) is 66.7 Å². The number of hydrogen-bond acceptors (Lipinski definition) is 1. The molecule has 0 bridgehead atoms. The quantitative estimate of drug-likeness (QED) is 0.310. The Labute approximate surface area is 160 Å². The Kier molecular flexibility index (Phi) is 6.50. The monoisotopic (exact) mass is 362 g/mol. The van der Waals surface area contributed by atoms with Crippen molar-refractivity contribution >= 4 is 14.1 Å². The van der Waals surface area contributed by atoms with Gasteiger partial charge in [0.1, 0.15) is 5.76 Å². The normalized spacial score (nSPS) is 13.8. The third kappa shape index (κ3) is 5.13. The lowest BCUT2D eigenvalue weighted by molar-refractivity contribution is 0.455. The second-order valence-corrected chi connectivity index (χ2v) is 12.9. The first-order valence-corrected chi connectivity index (χ1v) is 12.1. The topological polar surface area (TPSA) is 9.23 Å². The molecule has 0 saturated heterocycles. The Morgan fingerprint density at radius 2 is 1.58 bits per heavy atom. The molecule has 0 aromatic heterocycles. The van der Waals surface area contributed by atoms with Crippen LogP contribution in [0.2, 0.25) is 18.1 Å². The molecule has 0 radical (unpaired) electrons. The summed E-state index contributed by atoms with van der Waals surface area (Å²) >= 11 is 0. The molecule has 0 fully saturated rings. The Hall–Kier alpha value is -2.24. The van der Waals surface area contributed by atoms with Gasteiger partial charge in [-0.1, -0.05) is 81.4 Å². The molecule has 136 valence electrons. The van der Waals surface area contributed by atoms with Gasteiger partial charge >= 0.3 is 0 Å². The Morgan fingerprint density at radius 1 is 1.04 bits per heavy atom. The highest BCUT2D eigenvalue weighted by Crippen LogP contribution is 2.40. The molecule has 1 unspecified atom stereocenters. The number of terminal acetylenes is 1. The Balaban J connectivity index is 2.48. The van der Waals surface area contributed by atoms with Gasteiger partial charge in [0, 0.05) is 17.9 Å². The molecule has 0 aliphatic rings. The maximum absolute atomic E-state index is 6.72. The van der Waals surface area contributed by atoms with Crippen molar-refractivity contribution in [3.63, 3.8) is 0 Å². The van der Waals surface area contributed by atoms with Crippen molar-refractivity contribution < 1.29 is 4.43 Å². The Morgan fingerprint density at radius 3 is 2.08 bits per heavy atom. The van der Waals surface area contributed by atoms with Crippen molar-refractivity contribution in [1.29, 1.82) is 0 Å². The van der Waals surface area contributed by atoms with Gasteiger partial charge in [-0.2, -0.15) is 0 Å². The summed E-state index contributed by atoms with van der Waals surface area (Å²) in [4.78, 5) is 0. The second kappa shape index (κ2) is 8.43. The average molecular weight is 363 g/mol. The van der Waals surface area contributed by atoms with E-state index in [2.05, 4.69) is 94.4 Å². The molecule has 2 aromatic rings. The van der Waals surface area contributed by atoms with Crippen LogP contribution in [0, 0.1) is 12.3 Å². The molecule has 26 heavy (non-hydrogen) atoms. The van der Waals surface area contributed by atoms with E-state index in [1.54, 1.807) is 0 Å². The van der Waals surface area contributed by atoms with E-state index in [-0.39, 0.29) is 11.0 Å². The van der Waals surface area contributed by atoms with E-state index in [1.165, 1.54) is 5.56 Å². The smallest absolute Gasteiger partial charge is 0.250 e. The summed E-state index contributed by atoms with van der Waals surface area (Å²) in [5.74, 6) is 3.91. The first-order chi connectivity index (χ1) is 12.2. The SMILES string of the molecule is C#CCC(/C=C(\O[Si](C)(C)C(C)(C)C)c1ccccc1)c1ccccc1. The van der Waals surface area contributed by atoms with Crippen LogP contribution >= 0.6 is 0 Å². The van der Waals surface area contributed by atoms with Crippen LogP contribution < -0.4 is 0 Å². The lowest BCUT2D eigenvalue weighted by Gasteiger charge is -2.37. The molecule has 2 rings (SSSR count). The van der Waals surface area contributed by atoms with Crippen molar-refractivity contribution in [3.05, 3.63) is 77.9 Å². The largest absolute Gasteiger partial charge is 0.543 e. The van der Waals surface area contributed by atoms with Gasteiger partial charge in [0.2, 0.25) is 8.32 Å². The number of benzene rings is 2. The summed E-state index contributed by atoms with van der Waals surface area (Å²) < 4.78 is 6.72. The molecule has 0 N–H and O–H groups in total. The molecule has 1 nitrogen and oxygen atoms in total. The predicted molar refractivity (Wildman–Crippen MR) is 115 cm³/mol. The highest BCUT2D eigenvalue weighted by molar-refractivity contribution is 6.74. The third-order valence-corrected chi connectivity index (χ3v) is 9.49. The summed E-state index contributed by atoms with van der Waals surface area (Å²) in [6.07, 6.45) is 8.53. The van der Waals surface area contributed by atoms with Gasteiger partial charge in [-0.05, 0) is 29.8 Å². The second-order valence-electron chi connectivity index (χ2n) is 8.18. The minimum Gasteiger partial charge on any atom is -0.543 e. The molecule has 0 aliphatic heterocycles. The van der Waals surface area contributed by atoms with Crippen molar-refractivity contribution in [2.24, 2.45) is 0 Å². The molecule has 0 spiro atoms. The number of rotatable bonds is 6. The molecule has 2 aromatic carbocycles. The first kappa shape index (κ1) is 20.1. The zero-order valence-electron chi connectivity index (χ0n) is 16.6. The highest BCUT2D eigenvalue weighted by atomic mass is 28.4. The van der Waals surface area contributed by atoms with Crippen LogP contribution in [0.5, 0.6) is 0 Å². The summed E-state index contributed by atoms with van der Waals surface area (Å²) in [7, 11) is -1.96. The van der Waals surface area contributed by atoms with Crippen molar-refractivity contribution in [2.45, 2.75) is 51.2 Å². The summed E-state index contributed by atoms with van der Waals surface area (Å²) in [6, 6.07) is 20.8. The maximum Gasteiger partial charge on any atom is 0.250 e. The van der Waals surface area contributed by atoms with E-state index in [9.17, 15) is 0 Å². The lowest BCUT2D eigenvalue weighted by atomic mass is 9.94. The van der Waals surface area contributed by atoms with Gasteiger partial charge < -0.3 is 4.43 Å². The average Bonchev–Trinajstić information content (AvgIpc) is 2.61. The van der Waals surface area contributed by atoms with Gasteiger partial charge in [0.15, 0.2) is 0 Å². The van der Waals surface area contributed by atoms with E-state index in [4.69, 9.17) is 10.8 Å². The van der Waals surface area contributed by atoms with Crippen LogP contribution in [0.1, 0.15) is 44.2 Å². The molecular formula is C24H30OSi. The first-order valence-electron chi connectivity index (χ1n) is 9.19. The van der Waals surface area contributed by atoms with Gasteiger partial charge in [-0.3, -0.25) is 0 Å². The van der Waals surface area contributed by atoms with Gasteiger partial charge in [-0.15, -0.1) is 12.3 Å². The summed E-state index contributed by atoms with van der Waals surface area (Å²) in [5, 5.41) is 0.134. The van der Waals surface area contributed by atoms with E-state index in [0.29, 0.717) is 6.42 Å². The standard InChI is InChI=1S/C24H30OSi/c1-7-14-22(20-15-10-8-11-16-20)19-23(21-17-12-9-13-18-21)25-26(5,6)24(2,3)4/h1,8-13,15-19,22H,14H2,2-6H3/b23-19-. The number of allylic oxidation sites excluding steroid dienone is 1. The predicted octanol–water partition coefficient (Wildman–Crippen LogP) is 6.86. The molecule has 2 heteroatoms. The summed E-state index contributed by atoms with van der Waals surface area (Å²) in [6.45, 7) is 11.3. The fourth-order valence-corrected chi connectivity index (χ4v) is 3.54. The van der Waals surface area contributed by atoms with E-state index in [1.807, 2.05) is 12.1 Å². The molecule has 0 aliphatic carbocycles. The minimum absolute atomic E-state index is 0.134. The zero-order valence-corrected chi connectivity index (χ0v) is 17.6. The van der Waals surface area contributed by atoms with Crippen molar-refractivity contribution in [3.8, 4) is 12.3 Å². The van der Waals surface area contributed by atoms with Crippen LogP contribution in [0.4, 0.5) is 0 Å². The van der Waals surface area contributed by atoms with Crippen LogP contribution in [0.25, 0.3) is 5.76 Å². The van der Waals surface area contributed by atoms with Gasteiger partial charge in [0.25, 0.3) is 0 Å².